The first-order valence-corrected chi connectivity index (χ1v) is 9.16. The maximum absolute atomic E-state index is 12.4. The minimum atomic E-state index is -0.134. The molecule has 2 heterocycles. The van der Waals surface area contributed by atoms with Crippen LogP contribution in [0.5, 0.6) is 0 Å². The number of nitrogens with one attached hydrogen (secondary N) is 1. The number of hydrogen-bond acceptors (Lipinski definition) is 3. The van der Waals surface area contributed by atoms with E-state index in [0.717, 1.165) is 17.7 Å². The lowest BCUT2D eigenvalue weighted by molar-refractivity contribution is -0.124. The lowest BCUT2D eigenvalue weighted by atomic mass is 10.1. The molecule has 6 heteroatoms. The summed E-state index contributed by atoms with van der Waals surface area (Å²) in [5, 5.41) is 7.51. The fraction of sp³-hybridized carbons (Fsp3) is 0.450. The third-order valence-corrected chi connectivity index (χ3v) is 4.57. The number of amides is 2. The normalized spacial score (nSPS) is 13.8. The monoisotopic (exact) mass is 354 g/mol. The van der Waals surface area contributed by atoms with Crippen molar-refractivity contribution in [2.45, 2.75) is 40.2 Å². The minimum absolute atomic E-state index is 0.0353. The lowest BCUT2D eigenvalue weighted by Gasteiger charge is -2.26. The molecule has 26 heavy (non-hydrogen) atoms. The van der Waals surface area contributed by atoms with Gasteiger partial charge in [0, 0.05) is 24.6 Å². The third-order valence-electron chi connectivity index (χ3n) is 4.57. The molecule has 1 aliphatic rings. The fourth-order valence-electron chi connectivity index (χ4n) is 2.99. The number of hydrogen-bond donors (Lipinski definition) is 1. The Morgan fingerprint density at radius 2 is 2.00 bits per heavy atom. The number of nitrogens with zero attached hydrogens (tertiary/aromatic N) is 3. The molecular weight excluding hydrogens is 328 g/mol. The molecule has 0 saturated carbocycles. The van der Waals surface area contributed by atoms with E-state index in [4.69, 9.17) is 0 Å². The highest BCUT2D eigenvalue weighted by molar-refractivity contribution is 5.99. The van der Waals surface area contributed by atoms with E-state index in [9.17, 15) is 9.59 Å². The van der Waals surface area contributed by atoms with Crippen molar-refractivity contribution in [3.8, 4) is 11.3 Å². The number of carbonyl (C=O) groups is 2. The van der Waals surface area contributed by atoms with Gasteiger partial charge in [-0.05, 0) is 19.3 Å². The van der Waals surface area contributed by atoms with Crippen molar-refractivity contribution in [1.82, 2.24) is 15.1 Å². The van der Waals surface area contributed by atoms with Gasteiger partial charge >= 0.3 is 0 Å². The van der Waals surface area contributed by atoms with Crippen molar-refractivity contribution in [2.75, 3.05) is 18.0 Å². The standard InChI is InChI=1S/C20H26N4O2/c1-14(2)8-10-21-18(25)13-23-19-12-17(16-6-4-15(3)5-7-16)22-24(19)11-9-20(23)26/h4-7,12,14H,8-11,13H2,1-3H3,(H,21,25). The highest BCUT2D eigenvalue weighted by Crippen LogP contribution is 2.28. The van der Waals surface area contributed by atoms with Crippen LogP contribution in [-0.2, 0) is 16.1 Å². The lowest BCUT2D eigenvalue weighted by Crippen LogP contribution is -2.44. The third kappa shape index (κ3) is 4.12. The number of benzene rings is 1. The van der Waals surface area contributed by atoms with Gasteiger partial charge in [-0.25, -0.2) is 4.68 Å². The number of anilines is 1. The number of rotatable bonds is 6. The van der Waals surface area contributed by atoms with Crippen LogP contribution in [0.25, 0.3) is 11.3 Å². The van der Waals surface area contributed by atoms with E-state index in [1.165, 1.54) is 5.56 Å². The minimum Gasteiger partial charge on any atom is -0.355 e. The second kappa shape index (κ2) is 7.72. The van der Waals surface area contributed by atoms with E-state index >= 15 is 0 Å². The molecule has 1 aliphatic heterocycles. The van der Waals surface area contributed by atoms with E-state index in [1.54, 1.807) is 4.90 Å². The maximum Gasteiger partial charge on any atom is 0.240 e. The molecule has 3 rings (SSSR count). The second-order valence-corrected chi connectivity index (χ2v) is 7.24. The Morgan fingerprint density at radius 3 is 2.69 bits per heavy atom. The van der Waals surface area contributed by atoms with E-state index in [-0.39, 0.29) is 18.4 Å². The molecule has 2 aromatic rings. The number of carbonyl (C=O) groups excluding carboxylic acids is 2. The Kier molecular flexibility index (Phi) is 5.40. The van der Waals surface area contributed by atoms with Crippen molar-refractivity contribution < 1.29 is 9.59 Å². The maximum atomic E-state index is 12.4. The second-order valence-electron chi connectivity index (χ2n) is 7.24. The van der Waals surface area contributed by atoms with Crippen molar-refractivity contribution in [2.24, 2.45) is 5.92 Å². The molecule has 0 fully saturated rings. The molecule has 0 atom stereocenters. The quantitative estimate of drug-likeness (QED) is 0.867. The molecule has 2 amide bonds. The summed E-state index contributed by atoms with van der Waals surface area (Å²) in [4.78, 5) is 26.1. The molecule has 1 aromatic heterocycles. The Hall–Kier alpha value is -2.63. The van der Waals surface area contributed by atoms with Gasteiger partial charge in [-0.15, -0.1) is 0 Å². The Bertz CT molecular complexity index is 793. The van der Waals surface area contributed by atoms with Crippen LogP contribution in [-0.4, -0.2) is 34.7 Å². The summed E-state index contributed by atoms with van der Waals surface area (Å²) in [6.45, 7) is 7.49. The predicted molar refractivity (Wildman–Crippen MR) is 102 cm³/mol. The number of fused-ring (bicyclic) bond motifs is 1. The average molecular weight is 354 g/mol. The zero-order chi connectivity index (χ0) is 18.7. The Morgan fingerprint density at radius 1 is 1.27 bits per heavy atom. The summed E-state index contributed by atoms with van der Waals surface area (Å²) < 4.78 is 1.82. The SMILES string of the molecule is Cc1ccc(-c2cc3n(n2)CCC(=O)N3CC(=O)NCCC(C)C)cc1. The summed E-state index contributed by atoms with van der Waals surface area (Å²) in [5.41, 5.74) is 3.01. The summed E-state index contributed by atoms with van der Waals surface area (Å²) in [6.07, 6.45) is 1.29. The fourth-order valence-corrected chi connectivity index (χ4v) is 2.99. The molecular formula is C20H26N4O2. The van der Waals surface area contributed by atoms with Crippen LogP contribution in [0.1, 0.15) is 32.3 Å². The summed E-state index contributed by atoms with van der Waals surface area (Å²) in [7, 11) is 0. The highest BCUT2D eigenvalue weighted by atomic mass is 16.2. The van der Waals surface area contributed by atoms with Crippen molar-refractivity contribution in [3.05, 3.63) is 35.9 Å². The summed E-state index contributed by atoms with van der Waals surface area (Å²) in [6, 6.07) is 10.0. The van der Waals surface area contributed by atoms with E-state index in [2.05, 4.69) is 24.3 Å². The van der Waals surface area contributed by atoms with Gasteiger partial charge in [-0.2, -0.15) is 5.10 Å². The van der Waals surface area contributed by atoms with Crippen LogP contribution in [0.15, 0.2) is 30.3 Å². The van der Waals surface area contributed by atoms with Gasteiger partial charge in [-0.3, -0.25) is 14.5 Å². The van der Waals surface area contributed by atoms with Gasteiger partial charge in [-0.1, -0.05) is 43.7 Å². The number of aromatic nitrogens is 2. The number of aryl methyl sites for hydroxylation is 2. The predicted octanol–water partition coefficient (Wildman–Crippen LogP) is 2.76. The van der Waals surface area contributed by atoms with Gasteiger partial charge in [0.05, 0.1) is 12.2 Å². The van der Waals surface area contributed by atoms with Crippen molar-refractivity contribution in [1.29, 1.82) is 0 Å². The zero-order valence-corrected chi connectivity index (χ0v) is 15.7. The van der Waals surface area contributed by atoms with Crippen molar-refractivity contribution in [3.63, 3.8) is 0 Å². The topological polar surface area (TPSA) is 67.2 Å². The van der Waals surface area contributed by atoms with Crippen LogP contribution in [0.4, 0.5) is 5.82 Å². The molecule has 0 unspecified atom stereocenters. The van der Waals surface area contributed by atoms with Crippen LogP contribution < -0.4 is 10.2 Å². The largest absolute Gasteiger partial charge is 0.355 e. The Labute approximate surface area is 154 Å². The first kappa shape index (κ1) is 18.2. The molecule has 1 N–H and O–H groups in total. The van der Waals surface area contributed by atoms with Crippen LogP contribution >= 0.6 is 0 Å². The molecule has 0 radical (unpaired) electrons. The van der Waals surface area contributed by atoms with Gasteiger partial charge in [0.1, 0.15) is 12.4 Å². The van der Waals surface area contributed by atoms with E-state index in [0.29, 0.717) is 31.2 Å². The molecule has 138 valence electrons. The van der Waals surface area contributed by atoms with Crippen LogP contribution in [0.3, 0.4) is 0 Å². The smallest absolute Gasteiger partial charge is 0.240 e. The van der Waals surface area contributed by atoms with Gasteiger partial charge in [0.15, 0.2) is 0 Å². The first-order chi connectivity index (χ1) is 12.4. The molecule has 6 nitrogen and oxygen atoms in total. The van der Waals surface area contributed by atoms with Crippen LogP contribution in [0, 0.1) is 12.8 Å². The van der Waals surface area contributed by atoms with Gasteiger partial charge in [0.25, 0.3) is 0 Å². The summed E-state index contributed by atoms with van der Waals surface area (Å²) >= 11 is 0. The summed E-state index contributed by atoms with van der Waals surface area (Å²) in [5.74, 6) is 1.05. The molecule has 1 aromatic carbocycles. The zero-order valence-electron chi connectivity index (χ0n) is 15.7. The average Bonchev–Trinajstić information content (AvgIpc) is 3.02. The van der Waals surface area contributed by atoms with Crippen LogP contribution in [0.2, 0.25) is 0 Å². The van der Waals surface area contributed by atoms with E-state index < -0.39 is 0 Å². The van der Waals surface area contributed by atoms with E-state index in [1.807, 2.05) is 41.9 Å². The molecule has 0 bridgehead atoms. The first-order valence-electron chi connectivity index (χ1n) is 9.16. The van der Waals surface area contributed by atoms with Crippen molar-refractivity contribution >= 4 is 17.6 Å². The molecule has 0 aliphatic carbocycles. The van der Waals surface area contributed by atoms with Gasteiger partial charge in [0.2, 0.25) is 11.8 Å². The molecule has 0 spiro atoms. The Balaban J connectivity index is 1.75. The highest BCUT2D eigenvalue weighted by Gasteiger charge is 2.28. The van der Waals surface area contributed by atoms with Gasteiger partial charge < -0.3 is 5.32 Å². The molecule has 0 saturated heterocycles.